The van der Waals surface area contributed by atoms with Gasteiger partial charge >= 0.3 is 0 Å². The fraction of sp³-hybridized carbons (Fsp3) is 0.0476. The Balaban J connectivity index is 1.06. The molecule has 0 heterocycles. The first-order chi connectivity index (χ1) is 24.2. The minimum atomic E-state index is -3.72. The molecule has 7 aromatic rings. The van der Waals surface area contributed by atoms with Crippen molar-refractivity contribution in [2.45, 2.75) is 32.9 Å². The van der Waals surface area contributed by atoms with Crippen LogP contribution in [0.2, 0.25) is 0 Å². The molecule has 0 unspecified atom stereocenters. The molecule has 0 fully saturated rings. The van der Waals surface area contributed by atoms with E-state index < -0.39 is 19.7 Å². The summed E-state index contributed by atoms with van der Waals surface area (Å²) in [5, 5.41) is 1.58. The average molecular weight is 697 g/mol. The Morgan fingerprint density at radius 1 is 0.400 bits per heavy atom. The Morgan fingerprint density at radius 3 is 1.22 bits per heavy atom. The van der Waals surface area contributed by atoms with Crippen molar-refractivity contribution in [3.05, 3.63) is 180 Å². The second-order valence-corrected chi connectivity index (χ2v) is 15.8. The Kier molecular flexibility index (Phi) is 8.97. The molecule has 0 aliphatic heterocycles. The number of rotatable bonds is 10. The van der Waals surface area contributed by atoms with E-state index >= 15 is 0 Å². The molecule has 0 bridgehead atoms. The predicted molar refractivity (Wildman–Crippen MR) is 195 cm³/mol. The first-order valence-corrected chi connectivity index (χ1v) is 18.9. The van der Waals surface area contributed by atoms with Crippen molar-refractivity contribution >= 4 is 30.4 Å². The maximum absolute atomic E-state index is 13.4. The normalized spacial score (nSPS) is 11.7. The van der Waals surface area contributed by atoms with Gasteiger partial charge in [0.15, 0.2) is 0 Å². The molecule has 0 aliphatic rings. The van der Waals surface area contributed by atoms with Crippen molar-refractivity contribution in [2.24, 2.45) is 0 Å². The van der Waals surface area contributed by atoms with Gasteiger partial charge in [0.2, 0.25) is 19.7 Å². The van der Waals surface area contributed by atoms with Crippen molar-refractivity contribution in [1.29, 1.82) is 0 Å². The van der Waals surface area contributed by atoms with Crippen molar-refractivity contribution < 1.29 is 26.3 Å². The summed E-state index contributed by atoms with van der Waals surface area (Å²) >= 11 is 0. The van der Waals surface area contributed by atoms with Gasteiger partial charge in [0.05, 0.1) is 19.6 Å². The highest BCUT2D eigenvalue weighted by Gasteiger charge is 2.19. The molecule has 7 aromatic carbocycles. The highest BCUT2D eigenvalue weighted by Crippen LogP contribution is 2.37. The van der Waals surface area contributed by atoms with E-state index in [-0.39, 0.29) is 19.6 Å². The molecular formula is C42H32O6S2. The minimum absolute atomic E-state index is 0.173. The number of fused-ring (bicyclic) bond motifs is 1. The van der Waals surface area contributed by atoms with Gasteiger partial charge in [-0.3, -0.25) is 0 Å². The van der Waals surface area contributed by atoms with Crippen LogP contribution in [0.5, 0.6) is 23.0 Å². The highest BCUT2D eigenvalue weighted by molar-refractivity contribution is 7.91. The first kappa shape index (κ1) is 32.8. The maximum atomic E-state index is 13.4. The van der Waals surface area contributed by atoms with Gasteiger partial charge in [-0.25, -0.2) is 16.8 Å². The highest BCUT2D eigenvalue weighted by atomic mass is 32.2. The second-order valence-electron chi connectivity index (χ2n) is 11.9. The van der Waals surface area contributed by atoms with Gasteiger partial charge in [0.1, 0.15) is 23.0 Å². The summed E-state index contributed by atoms with van der Waals surface area (Å²) < 4.78 is 65.4. The number of sulfone groups is 2. The Hall–Kier alpha value is -5.70. The number of benzene rings is 7. The van der Waals surface area contributed by atoms with Crippen LogP contribution in [0.4, 0.5) is 0 Å². The number of hydrogen-bond donors (Lipinski definition) is 0. The van der Waals surface area contributed by atoms with Crippen LogP contribution in [0.1, 0.15) is 16.7 Å². The Morgan fingerprint density at radius 2 is 0.780 bits per heavy atom. The molecule has 7 rings (SSSR count). The van der Waals surface area contributed by atoms with E-state index in [1.54, 1.807) is 72.8 Å². The average Bonchev–Trinajstić information content (AvgIpc) is 3.13. The van der Waals surface area contributed by atoms with E-state index in [0.29, 0.717) is 23.0 Å². The lowest BCUT2D eigenvalue weighted by Crippen LogP contribution is -2.02. The van der Waals surface area contributed by atoms with E-state index in [0.717, 1.165) is 33.9 Å². The summed E-state index contributed by atoms with van der Waals surface area (Å²) in [5.74, 6) is 2.09. The molecule has 0 amide bonds. The van der Waals surface area contributed by atoms with Crippen LogP contribution in [0.15, 0.2) is 183 Å². The smallest absolute Gasteiger partial charge is 0.206 e. The zero-order valence-corrected chi connectivity index (χ0v) is 28.7. The van der Waals surface area contributed by atoms with Crippen LogP contribution < -0.4 is 9.47 Å². The topological polar surface area (TPSA) is 86.7 Å². The molecule has 50 heavy (non-hydrogen) atoms. The van der Waals surface area contributed by atoms with Gasteiger partial charge in [-0.05, 0) is 109 Å². The molecule has 0 spiro atoms. The van der Waals surface area contributed by atoms with Gasteiger partial charge in [-0.15, -0.1) is 0 Å². The van der Waals surface area contributed by atoms with Crippen molar-refractivity contribution in [3.8, 4) is 23.0 Å². The molecule has 0 saturated carbocycles. The molecular weight excluding hydrogens is 665 g/mol. The molecule has 0 saturated heterocycles. The van der Waals surface area contributed by atoms with Crippen LogP contribution in [0, 0.1) is 6.92 Å². The van der Waals surface area contributed by atoms with Gasteiger partial charge in [0.25, 0.3) is 0 Å². The zero-order chi connectivity index (χ0) is 34.7. The fourth-order valence-electron chi connectivity index (χ4n) is 5.67. The minimum Gasteiger partial charge on any atom is -0.457 e. The summed E-state index contributed by atoms with van der Waals surface area (Å²) in [5.41, 5.74) is 3.18. The molecule has 0 aliphatic carbocycles. The lowest BCUT2D eigenvalue weighted by Gasteiger charge is -2.13. The van der Waals surface area contributed by atoms with E-state index in [4.69, 9.17) is 9.47 Å². The lowest BCUT2D eigenvalue weighted by molar-refractivity contribution is 0.482. The summed E-state index contributed by atoms with van der Waals surface area (Å²) in [6, 6.07) is 47.7. The molecule has 0 aromatic heterocycles. The van der Waals surface area contributed by atoms with Crippen LogP contribution in [-0.4, -0.2) is 16.8 Å². The van der Waals surface area contributed by atoms with Gasteiger partial charge in [0, 0.05) is 10.8 Å². The van der Waals surface area contributed by atoms with Gasteiger partial charge in [-0.1, -0.05) is 84.4 Å². The van der Waals surface area contributed by atoms with Crippen molar-refractivity contribution in [3.63, 3.8) is 0 Å². The third-order valence-electron chi connectivity index (χ3n) is 8.38. The van der Waals surface area contributed by atoms with Crippen molar-refractivity contribution in [2.75, 3.05) is 0 Å². The second kappa shape index (κ2) is 13.7. The molecule has 0 atom stereocenters. The fourth-order valence-corrected chi connectivity index (χ4v) is 8.19. The van der Waals surface area contributed by atoms with E-state index in [9.17, 15) is 16.8 Å². The molecule has 8 heteroatoms. The molecule has 0 radical (unpaired) electrons. The van der Waals surface area contributed by atoms with E-state index in [1.165, 1.54) is 12.1 Å². The molecule has 6 nitrogen and oxygen atoms in total. The molecule has 0 N–H and O–H groups in total. The Labute approximate surface area is 292 Å². The first-order valence-electron chi connectivity index (χ1n) is 15.9. The van der Waals surface area contributed by atoms with E-state index in [2.05, 4.69) is 0 Å². The Bertz CT molecular complexity index is 2490. The quantitative estimate of drug-likeness (QED) is 0.142. The maximum Gasteiger partial charge on any atom is 0.206 e. The zero-order valence-electron chi connectivity index (χ0n) is 27.1. The summed E-state index contributed by atoms with van der Waals surface area (Å²) in [6.45, 7) is 1.91. The molecule has 248 valence electrons. The summed E-state index contributed by atoms with van der Waals surface area (Å²) in [6.07, 6.45) is 0.726. The van der Waals surface area contributed by atoms with Gasteiger partial charge in [-0.2, -0.15) is 0 Å². The monoisotopic (exact) mass is 696 g/mol. The van der Waals surface area contributed by atoms with Crippen LogP contribution >= 0.6 is 0 Å². The van der Waals surface area contributed by atoms with Crippen molar-refractivity contribution in [1.82, 2.24) is 0 Å². The standard InChI is InChI=1S/C42H32O6S2/c1-30-13-21-35(22-14-30)49(43,44)37-25-17-33(18-26-37)47-41-11-5-10-40-39(41)9-6-12-42(40)48-34-19-27-38(28-20-34)50(45,46)36-23-15-32(16-24-36)29-31-7-3-2-4-8-31/h2-28H,29H2,1H3. The summed E-state index contributed by atoms with van der Waals surface area (Å²) in [4.78, 5) is 0.816. The van der Waals surface area contributed by atoms with Gasteiger partial charge < -0.3 is 9.47 Å². The number of ether oxygens (including phenoxy) is 2. The number of hydrogen-bond acceptors (Lipinski definition) is 6. The number of aryl methyl sites for hydroxylation is 1. The van der Waals surface area contributed by atoms with Crippen LogP contribution in [-0.2, 0) is 26.1 Å². The lowest BCUT2D eigenvalue weighted by atomic mass is 10.1. The SMILES string of the molecule is Cc1ccc(S(=O)(=O)c2ccc(Oc3cccc4c(Oc5ccc(S(=O)(=O)c6ccc(Cc7ccccc7)cc6)cc5)cccc34)cc2)cc1. The summed E-state index contributed by atoms with van der Waals surface area (Å²) in [7, 11) is -7.38. The largest absolute Gasteiger partial charge is 0.457 e. The predicted octanol–water partition coefficient (Wildman–Crippen LogP) is 9.99. The van der Waals surface area contributed by atoms with Crippen LogP contribution in [0.3, 0.4) is 0 Å². The third-order valence-corrected chi connectivity index (χ3v) is 12.0. The third kappa shape index (κ3) is 6.89. The van der Waals surface area contributed by atoms with Crippen LogP contribution in [0.25, 0.3) is 10.8 Å². The van der Waals surface area contributed by atoms with E-state index in [1.807, 2.05) is 85.8 Å².